The molecule has 1 aromatic rings. The largest absolute Gasteiger partial charge is 0.416 e. The molecule has 1 fully saturated rings. The van der Waals surface area contributed by atoms with Crippen molar-refractivity contribution in [3.8, 4) is 0 Å². The molecular formula is C16H20F6N2. The van der Waals surface area contributed by atoms with Gasteiger partial charge in [0.1, 0.15) is 0 Å². The van der Waals surface area contributed by atoms with Gasteiger partial charge in [0.2, 0.25) is 0 Å². The molecule has 0 aliphatic carbocycles. The average Bonchev–Trinajstić information content (AvgIpc) is 2.94. The van der Waals surface area contributed by atoms with E-state index in [-0.39, 0.29) is 23.6 Å². The van der Waals surface area contributed by atoms with E-state index in [0.717, 1.165) is 18.6 Å². The lowest BCUT2D eigenvalue weighted by atomic mass is 9.99. The van der Waals surface area contributed by atoms with Crippen LogP contribution in [0, 0.1) is 5.92 Å². The van der Waals surface area contributed by atoms with Crippen molar-refractivity contribution in [1.82, 2.24) is 4.90 Å². The lowest BCUT2D eigenvalue weighted by Gasteiger charge is -2.27. The summed E-state index contributed by atoms with van der Waals surface area (Å²) < 4.78 is 77.7. The zero-order valence-corrected chi connectivity index (χ0v) is 13.4. The van der Waals surface area contributed by atoms with Crippen LogP contribution < -0.4 is 5.73 Å². The molecule has 1 heterocycles. The number of benzene rings is 1. The second-order valence-corrected chi connectivity index (χ2v) is 6.42. The van der Waals surface area contributed by atoms with Gasteiger partial charge in [0.05, 0.1) is 11.1 Å². The quantitative estimate of drug-likeness (QED) is 0.813. The zero-order valence-electron chi connectivity index (χ0n) is 13.4. The molecular weight excluding hydrogens is 334 g/mol. The Bertz CT molecular complexity index is 547. The first kappa shape index (κ1) is 19.1. The smallest absolute Gasteiger partial charge is 0.328 e. The lowest BCUT2D eigenvalue weighted by Crippen LogP contribution is -2.31. The van der Waals surface area contributed by atoms with Crippen LogP contribution in [-0.4, -0.2) is 24.0 Å². The number of likely N-dealkylation sites (tertiary alicyclic amines) is 1. The molecule has 2 rings (SSSR count). The molecule has 2 N–H and O–H groups in total. The minimum Gasteiger partial charge on any atom is -0.328 e. The first-order chi connectivity index (χ1) is 10.9. The van der Waals surface area contributed by atoms with Gasteiger partial charge >= 0.3 is 12.4 Å². The lowest BCUT2D eigenvalue weighted by molar-refractivity contribution is -0.143. The van der Waals surface area contributed by atoms with Crippen molar-refractivity contribution in [3.63, 3.8) is 0 Å². The summed E-state index contributed by atoms with van der Waals surface area (Å²) in [6.07, 6.45) is -8.86. The van der Waals surface area contributed by atoms with Gasteiger partial charge in [-0.3, -0.25) is 4.90 Å². The third-order valence-corrected chi connectivity index (χ3v) is 4.64. The maximum atomic E-state index is 12.9. The van der Waals surface area contributed by atoms with Crippen molar-refractivity contribution in [2.45, 2.75) is 44.7 Å². The highest BCUT2D eigenvalue weighted by Gasteiger charge is 2.38. The maximum Gasteiger partial charge on any atom is 0.416 e. The van der Waals surface area contributed by atoms with E-state index in [0.29, 0.717) is 13.1 Å². The van der Waals surface area contributed by atoms with E-state index in [1.165, 1.54) is 0 Å². The van der Waals surface area contributed by atoms with Crippen LogP contribution in [0.5, 0.6) is 0 Å². The number of hydrogen-bond acceptors (Lipinski definition) is 2. The van der Waals surface area contributed by atoms with Crippen LogP contribution in [0.2, 0.25) is 0 Å². The summed E-state index contributed by atoms with van der Waals surface area (Å²) in [7, 11) is 0. The van der Waals surface area contributed by atoms with E-state index in [4.69, 9.17) is 5.73 Å². The molecule has 3 atom stereocenters. The number of rotatable bonds is 3. The Labute approximate surface area is 136 Å². The molecule has 2 nitrogen and oxygen atoms in total. The Balaban J connectivity index is 2.35. The highest BCUT2D eigenvalue weighted by atomic mass is 19.4. The number of nitrogens with two attached hydrogens (primary N) is 1. The standard InChI is InChI=1S/C16H20F6N2/c1-9(23)11-3-4-24(8-11)10(2)12-5-13(15(17,18)19)7-14(6-12)16(20,21)22/h5-7,9-11H,3-4,8,23H2,1-2H3. The molecule has 0 radical (unpaired) electrons. The number of alkyl halides is 6. The van der Waals surface area contributed by atoms with Gasteiger partial charge < -0.3 is 5.73 Å². The first-order valence-corrected chi connectivity index (χ1v) is 7.68. The minimum absolute atomic E-state index is 0.0162. The van der Waals surface area contributed by atoms with Gasteiger partial charge in [-0.15, -0.1) is 0 Å². The van der Waals surface area contributed by atoms with E-state index in [2.05, 4.69) is 0 Å². The second-order valence-electron chi connectivity index (χ2n) is 6.42. The van der Waals surface area contributed by atoms with Gasteiger partial charge in [-0.2, -0.15) is 26.3 Å². The Hall–Kier alpha value is -1.28. The molecule has 1 aliphatic rings. The highest BCUT2D eigenvalue weighted by molar-refractivity contribution is 5.35. The highest BCUT2D eigenvalue weighted by Crippen LogP contribution is 2.39. The summed E-state index contributed by atoms with van der Waals surface area (Å²) >= 11 is 0. The predicted octanol–water partition coefficient (Wildman–Crippen LogP) is 4.45. The van der Waals surface area contributed by atoms with Crippen LogP contribution in [0.4, 0.5) is 26.3 Å². The van der Waals surface area contributed by atoms with Crippen LogP contribution in [0.1, 0.15) is 43.0 Å². The summed E-state index contributed by atoms with van der Waals surface area (Å²) in [5.74, 6) is 0.195. The predicted molar refractivity (Wildman–Crippen MR) is 78.2 cm³/mol. The molecule has 1 saturated heterocycles. The molecule has 0 aromatic heterocycles. The van der Waals surface area contributed by atoms with Gasteiger partial charge in [-0.05, 0) is 56.5 Å². The van der Waals surface area contributed by atoms with Crippen molar-refractivity contribution in [1.29, 1.82) is 0 Å². The molecule has 8 heteroatoms. The van der Waals surface area contributed by atoms with Crippen molar-refractivity contribution in [2.75, 3.05) is 13.1 Å². The number of halogens is 6. The first-order valence-electron chi connectivity index (χ1n) is 7.68. The molecule has 24 heavy (non-hydrogen) atoms. The molecule has 3 unspecified atom stereocenters. The summed E-state index contributed by atoms with van der Waals surface area (Å²) in [6, 6.07) is 1.16. The average molecular weight is 354 g/mol. The Morgan fingerprint density at radius 1 is 1.00 bits per heavy atom. The van der Waals surface area contributed by atoms with Crippen LogP contribution in [0.15, 0.2) is 18.2 Å². The van der Waals surface area contributed by atoms with Crippen molar-refractivity contribution in [2.24, 2.45) is 11.7 Å². The SMILES string of the molecule is CC(N)C1CCN(C(C)c2cc(C(F)(F)F)cc(C(F)(F)F)c2)C1. The summed E-state index contributed by atoms with van der Waals surface area (Å²) in [4.78, 5) is 1.88. The van der Waals surface area contributed by atoms with E-state index < -0.39 is 29.5 Å². The molecule has 136 valence electrons. The Kier molecular flexibility index (Phi) is 5.20. The second kappa shape index (κ2) is 6.55. The van der Waals surface area contributed by atoms with Gasteiger partial charge in [-0.25, -0.2) is 0 Å². The normalized spacial score (nSPS) is 22.6. The van der Waals surface area contributed by atoms with Crippen LogP contribution in [-0.2, 0) is 12.4 Å². The Morgan fingerprint density at radius 2 is 1.50 bits per heavy atom. The fourth-order valence-electron chi connectivity index (χ4n) is 3.03. The third-order valence-electron chi connectivity index (χ3n) is 4.64. The molecule has 0 amide bonds. The third kappa shape index (κ3) is 4.22. The van der Waals surface area contributed by atoms with Crippen molar-refractivity contribution < 1.29 is 26.3 Å². The van der Waals surface area contributed by atoms with Crippen LogP contribution >= 0.6 is 0 Å². The summed E-state index contributed by atoms with van der Waals surface area (Å²) in [5, 5.41) is 0. The van der Waals surface area contributed by atoms with E-state index in [9.17, 15) is 26.3 Å². The van der Waals surface area contributed by atoms with Gasteiger partial charge in [0.25, 0.3) is 0 Å². The fourth-order valence-corrected chi connectivity index (χ4v) is 3.03. The maximum absolute atomic E-state index is 12.9. The van der Waals surface area contributed by atoms with E-state index >= 15 is 0 Å². The van der Waals surface area contributed by atoms with Gasteiger partial charge in [0.15, 0.2) is 0 Å². The number of hydrogen-bond donors (Lipinski definition) is 1. The van der Waals surface area contributed by atoms with Crippen molar-refractivity contribution >= 4 is 0 Å². The van der Waals surface area contributed by atoms with E-state index in [1.54, 1.807) is 6.92 Å². The van der Waals surface area contributed by atoms with Crippen LogP contribution in [0.3, 0.4) is 0 Å². The minimum atomic E-state index is -4.82. The summed E-state index contributed by atoms with van der Waals surface area (Å²) in [6.45, 7) is 4.64. The van der Waals surface area contributed by atoms with Gasteiger partial charge in [-0.1, -0.05) is 0 Å². The summed E-state index contributed by atoms with van der Waals surface area (Å²) in [5.41, 5.74) is 3.30. The monoisotopic (exact) mass is 354 g/mol. The molecule has 0 spiro atoms. The molecule has 1 aliphatic heterocycles. The molecule has 0 saturated carbocycles. The topological polar surface area (TPSA) is 29.3 Å². The van der Waals surface area contributed by atoms with Crippen molar-refractivity contribution in [3.05, 3.63) is 34.9 Å². The number of nitrogens with zero attached hydrogens (tertiary/aromatic N) is 1. The Morgan fingerprint density at radius 3 is 1.88 bits per heavy atom. The molecule has 0 bridgehead atoms. The van der Waals surface area contributed by atoms with E-state index in [1.807, 2.05) is 11.8 Å². The fraction of sp³-hybridized carbons (Fsp3) is 0.625. The zero-order chi connectivity index (χ0) is 18.3. The van der Waals surface area contributed by atoms with Crippen LogP contribution in [0.25, 0.3) is 0 Å². The molecule has 1 aromatic carbocycles. The van der Waals surface area contributed by atoms with Gasteiger partial charge in [0, 0.05) is 18.6 Å².